The molecule has 0 saturated heterocycles. The molecule has 2 aromatic carbocycles. The molecule has 0 saturated carbocycles. The lowest BCUT2D eigenvalue weighted by Gasteiger charge is -2.12. The number of nitrogens with zero attached hydrogens (tertiary/aromatic N) is 1. The molecule has 128 valence electrons. The fourth-order valence-corrected chi connectivity index (χ4v) is 2.66. The summed E-state index contributed by atoms with van der Waals surface area (Å²) in [6.45, 7) is 1.96. The van der Waals surface area contributed by atoms with Crippen LogP contribution in [0.15, 0.2) is 46.4 Å². The quantitative estimate of drug-likeness (QED) is 0.599. The van der Waals surface area contributed by atoms with Gasteiger partial charge in [0.1, 0.15) is 11.6 Å². The second-order valence-electron chi connectivity index (χ2n) is 5.22. The van der Waals surface area contributed by atoms with Crippen LogP contribution in [0.25, 0.3) is 6.08 Å². The summed E-state index contributed by atoms with van der Waals surface area (Å²) in [4.78, 5) is 12.4. The van der Waals surface area contributed by atoms with Crippen LogP contribution in [0.5, 0.6) is 11.5 Å². The van der Waals surface area contributed by atoms with Crippen LogP contribution in [0, 0.1) is 18.3 Å². The zero-order valence-electron chi connectivity index (χ0n) is 14.1. The van der Waals surface area contributed by atoms with E-state index >= 15 is 0 Å². The van der Waals surface area contributed by atoms with Gasteiger partial charge in [-0.3, -0.25) is 4.79 Å². The molecule has 2 aromatic rings. The summed E-state index contributed by atoms with van der Waals surface area (Å²) in [7, 11) is 3.02. The van der Waals surface area contributed by atoms with Gasteiger partial charge in [-0.05, 0) is 37.3 Å². The van der Waals surface area contributed by atoms with Crippen molar-refractivity contribution in [3.05, 3.63) is 57.6 Å². The zero-order chi connectivity index (χ0) is 18.4. The average molecular weight is 401 g/mol. The Hall–Kier alpha value is -2.78. The largest absolute Gasteiger partial charge is 0.493 e. The number of amides is 1. The van der Waals surface area contributed by atoms with E-state index in [1.165, 1.54) is 20.3 Å². The van der Waals surface area contributed by atoms with Crippen LogP contribution in [-0.2, 0) is 4.79 Å². The van der Waals surface area contributed by atoms with Gasteiger partial charge in [-0.25, -0.2) is 0 Å². The Morgan fingerprint density at radius 1 is 1.20 bits per heavy atom. The first kappa shape index (κ1) is 18.6. The number of rotatable bonds is 5. The third-order valence-electron chi connectivity index (χ3n) is 3.45. The topological polar surface area (TPSA) is 71.3 Å². The highest BCUT2D eigenvalue weighted by molar-refractivity contribution is 9.10. The summed E-state index contributed by atoms with van der Waals surface area (Å²) < 4.78 is 11.4. The minimum absolute atomic E-state index is 0.0426. The predicted octanol–water partition coefficient (Wildman–Crippen LogP) is 4.32. The molecule has 0 bridgehead atoms. The smallest absolute Gasteiger partial charge is 0.266 e. The van der Waals surface area contributed by atoms with Crippen LogP contribution in [0.1, 0.15) is 11.1 Å². The van der Waals surface area contributed by atoms with Crippen LogP contribution in [0.4, 0.5) is 5.69 Å². The number of carbonyl (C=O) groups excluding carboxylic acids is 1. The highest BCUT2D eigenvalue weighted by Crippen LogP contribution is 2.35. The molecule has 5 nitrogen and oxygen atoms in total. The Morgan fingerprint density at radius 3 is 2.44 bits per heavy atom. The first-order valence-corrected chi connectivity index (χ1v) is 8.19. The van der Waals surface area contributed by atoms with Crippen molar-refractivity contribution in [3.8, 4) is 17.6 Å². The third-order valence-corrected chi connectivity index (χ3v) is 3.90. The van der Waals surface area contributed by atoms with Crippen molar-refractivity contribution in [2.45, 2.75) is 6.92 Å². The van der Waals surface area contributed by atoms with E-state index in [0.717, 1.165) is 10.0 Å². The number of benzene rings is 2. The van der Waals surface area contributed by atoms with E-state index in [9.17, 15) is 10.1 Å². The maximum Gasteiger partial charge on any atom is 0.266 e. The molecule has 0 radical (unpaired) electrons. The molecule has 25 heavy (non-hydrogen) atoms. The van der Waals surface area contributed by atoms with Crippen molar-refractivity contribution in [2.75, 3.05) is 19.5 Å². The van der Waals surface area contributed by atoms with Crippen LogP contribution in [-0.4, -0.2) is 20.1 Å². The van der Waals surface area contributed by atoms with Crippen molar-refractivity contribution in [1.29, 1.82) is 5.26 Å². The lowest BCUT2D eigenvalue weighted by Crippen LogP contribution is -2.13. The Balaban J connectivity index is 2.37. The lowest BCUT2D eigenvalue weighted by atomic mass is 10.1. The van der Waals surface area contributed by atoms with Crippen molar-refractivity contribution in [3.63, 3.8) is 0 Å². The van der Waals surface area contributed by atoms with Crippen LogP contribution < -0.4 is 14.8 Å². The number of ether oxygens (including phenoxy) is 2. The Morgan fingerprint density at radius 2 is 1.88 bits per heavy atom. The molecule has 0 atom stereocenters. The first-order valence-electron chi connectivity index (χ1n) is 7.39. The van der Waals surface area contributed by atoms with Gasteiger partial charge in [-0.1, -0.05) is 33.6 Å². The van der Waals surface area contributed by atoms with E-state index in [-0.39, 0.29) is 5.57 Å². The number of hydrogen-bond donors (Lipinski definition) is 1. The summed E-state index contributed by atoms with van der Waals surface area (Å²) in [6, 6.07) is 12.8. The van der Waals surface area contributed by atoms with Gasteiger partial charge in [-0.2, -0.15) is 5.26 Å². The van der Waals surface area contributed by atoms with E-state index in [1.807, 2.05) is 25.1 Å². The second-order valence-corrected chi connectivity index (χ2v) is 6.14. The number of halogens is 1. The van der Waals surface area contributed by atoms with Gasteiger partial charge in [0.05, 0.1) is 14.2 Å². The molecule has 0 heterocycles. The summed E-state index contributed by atoms with van der Waals surface area (Å²) in [5.74, 6) is 0.452. The number of nitrogens with one attached hydrogen (secondary N) is 1. The summed E-state index contributed by atoms with van der Waals surface area (Å²) in [6.07, 6.45) is 1.47. The number of carbonyl (C=O) groups is 1. The monoisotopic (exact) mass is 400 g/mol. The van der Waals surface area contributed by atoms with Crippen LogP contribution in [0.2, 0.25) is 0 Å². The molecular weight excluding hydrogens is 384 g/mol. The maximum atomic E-state index is 12.4. The van der Waals surface area contributed by atoms with Crippen molar-refractivity contribution >= 4 is 33.6 Å². The molecule has 1 amide bonds. The lowest BCUT2D eigenvalue weighted by molar-refractivity contribution is -0.112. The second kappa shape index (κ2) is 8.36. The van der Waals surface area contributed by atoms with Crippen LogP contribution >= 0.6 is 15.9 Å². The van der Waals surface area contributed by atoms with Gasteiger partial charge >= 0.3 is 0 Å². The molecule has 2 rings (SSSR count). The minimum Gasteiger partial charge on any atom is -0.493 e. The summed E-state index contributed by atoms with van der Waals surface area (Å²) in [5.41, 5.74) is 2.22. The molecule has 0 aliphatic carbocycles. The molecule has 0 aliphatic heterocycles. The van der Waals surface area contributed by atoms with E-state index in [0.29, 0.717) is 22.7 Å². The predicted molar refractivity (Wildman–Crippen MR) is 101 cm³/mol. The summed E-state index contributed by atoms with van der Waals surface area (Å²) in [5, 5.41) is 12.1. The molecule has 0 aromatic heterocycles. The third kappa shape index (κ3) is 4.61. The maximum absolute atomic E-state index is 12.4. The Kier molecular flexibility index (Phi) is 6.20. The minimum atomic E-state index is -0.493. The average Bonchev–Trinajstić information content (AvgIpc) is 2.60. The van der Waals surface area contributed by atoms with E-state index in [4.69, 9.17) is 9.47 Å². The van der Waals surface area contributed by atoms with Gasteiger partial charge in [0.25, 0.3) is 5.91 Å². The molecule has 6 heteroatoms. The highest BCUT2D eigenvalue weighted by atomic mass is 79.9. The summed E-state index contributed by atoms with van der Waals surface area (Å²) >= 11 is 3.38. The fourth-order valence-electron chi connectivity index (χ4n) is 2.21. The molecular formula is C19H17BrN2O3. The van der Waals surface area contributed by atoms with Crippen LogP contribution in [0.3, 0.4) is 0 Å². The van der Waals surface area contributed by atoms with E-state index in [1.54, 1.807) is 24.3 Å². The number of anilines is 1. The van der Waals surface area contributed by atoms with Crippen molar-refractivity contribution < 1.29 is 14.3 Å². The normalized spacial score (nSPS) is 10.8. The Bertz CT molecular complexity index is 852. The van der Waals surface area contributed by atoms with E-state index < -0.39 is 5.91 Å². The SMILES string of the molecule is COc1cc(Br)cc(/C=C(/C#N)C(=O)Nc2ccc(C)cc2)c1OC. The van der Waals surface area contributed by atoms with Gasteiger partial charge in [0.2, 0.25) is 0 Å². The molecule has 0 aliphatic rings. The molecule has 0 unspecified atom stereocenters. The highest BCUT2D eigenvalue weighted by Gasteiger charge is 2.14. The molecule has 1 N–H and O–H groups in total. The van der Waals surface area contributed by atoms with Gasteiger partial charge in [-0.15, -0.1) is 0 Å². The zero-order valence-corrected chi connectivity index (χ0v) is 15.7. The molecule has 0 spiro atoms. The van der Waals surface area contributed by atoms with Gasteiger partial charge < -0.3 is 14.8 Å². The van der Waals surface area contributed by atoms with Gasteiger partial charge in [0.15, 0.2) is 11.5 Å². The number of nitriles is 1. The molecule has 0 fully saturated rings. The van der Waals surface area contributed by atoms with Crippen molar-refractivity contribution in [1.82, 2.24) is 0 Å². The first-order chi connectivity index (χ1) is 12.0. The number of methoxy groups -OCH3 is 2. The van der Waals surface area contributed by atoms with Crippen molar-refractivity contribution in [2.24, 2.45) is 0 Å². The van der Waals surface area contributed by atoms with Gasteiger partial charge in [0, 0.05) is 15.7 Å². The Labute approximate surface area is 155 Å². The standard InChI is InChI=1S/C19H17BrN2O3/c1-12-4-6-16(7-5-12)22-19(23)14(11-21)8-13-9-15(20)10-17(24-2)18(13)25-3/h4-10H,1-3H3,(H,22,23)/b14-8-. The number of hydrogen-bond acceptors (Lipinski definition) is 4. The number of aryl methyl sites for hydroxylation is 1. The van der Waals surface area contributed by atoms with E-state index in [2.05, 4.69) is 21.2 Å². The fraction of sp³-hybridized carbons (Fsp3) is 0.158.